The molecular formula is C12H11ClN2O3. The quantitative estimate of drug-likeness (QED) is 0.921. The summed E-state index contributed by atoms with van der Waals surface area (Å²) in [6, 6.07) is 6.97. The molecule has 1 atom stereocenters. The van der Waals surface area contributed by atoms with Gasteiger partial charge < -0.3 is 9.52 Å². The second-order valence-electron chi connectivity index (χ2n) is 3.95. The van der Waals surface area contributed by atoms with E-state index in [2.05, 4.69) is 10.2 Å². The Labute approximate surface area is 108 Å². The first-order chi connectivity index (χ1) is 8.56. The van der Waals surface area contributed by atoms with Crippen molar-refractivity contribution in [3.8, 4) is 11.5 Å². The van der Waals surface area contributed by atoms with Crippen molar-refractivity contribution in [1.82, 2.24) is 10.2 Å². The van der Waals surface area contributed by atoms with Crippen LogP contribution >= 0.6 is 11.6 Å². The molecule has 0 saturated carbocycles. The van der Waals surface area contributed by atoms with E-state index >= 15 is 0 Å². The lowest BCUT2D eigenvalue weighted by atomic mass is 10.1. The van der Waals surface area contributed by atoms with Gasteiger partial charge in [-0.2, -0.15) is 0 Å². The van der Waals surface area contributed by atoms with Crippen LogP contribution in [0.1, 0.15) is 12.8 Å². The van der Waals surface area contributed by atoms with Crippen molar-refractivity contribution in [1.29, 1.82) is 0 Å². The van der Waals surface area contributed by atoms with E-state index in [-0.39, 0.29) is 6.42 Å². The van der Waals surface area contributed by atoms with Crippen molar-refractivity contribution in [2.45, 2.75) is 13.3 Å². The zero-order valence-corrected chi connectivity index (χ0v) is 10.4. The SMILES string of the molecule is CC(Cc1nnc(-c2ccc(Cl)cc2)o1)C(=O)O. The van der Waals surface area contributed by atoms with Gasteiger partial charge in [0.25, 0.3) is 0 Å². The van der Waals surface area contributed by atoms with Gasteiger partial charge in [0.05, 0.1) is 5.92 Å². The van der Waals surface area contributed by atoms with Gasteiger partial charge in [-0.05, 0) is 24.3 Å². The minimum absolute atomic E-state index is 0.218. The summed E-state index contributed by atoms with van der Waals surface area (Å²) in [7, 11) is 0. The van der Waals surface area contributed by atoms with E-state index in [1.807, 2.05) is 0 Å². The van der Waals surface area contributed by atoms with Crippen molar-refractivity contribution in [3.05, 3.63) is 35.2 Å². The molecule has 2 aromatic rings. The molecule has 0 aliphatic carbocycles. The average Bonchev–Trinajstić information content (AvgIpc) is 2.78. The minimum atomic E-state index is -0.888. The predicted molar refractivity (Wildman–Crippen MR) is 65.2 cm³/mol. The zero-order valence-electron chi connectivity index (χ0n) is 9.63. The van der Waals surface area contributed by atoms with Gasteiger partial charge in [-0.1, -0.05) is 18.5 Å². The summed E-state index contributed by atoms with van der Waals surface area (Å²) in [4.78, 5) is 10.7. The van der Waals surface area contributed by atoms with Gasteiger partial charge in [0.2, 0.25) is 11.8 Å². The van der Waals surface area contributed by atoms with Gasteiger partial charge in [-0.15, -0.1) is 10.2 Å². The Kier molecular flexibility index (Phi) is 3.62. The van der Waals surface area contributed by atoms with E-state index in [9.17, 15) is 4.79 Å². The van der Waals surface area contributed by atoms with E-state index in [0.717, 1.165) is 5.56 Å². The lowest BCUT2D eigenvalue weighted by Gasteiger charge is -2.00. The van der Waals surface area contributed by atoms with Crippen molar-refractivity contribution >= 4 is 17.6 Å². The van der Waals surface area contributed by atoms with Crippen molar-refractivity contribution in [3.63, 3.8) is 0 Å². The summed E-state index contributed by atoms with van der Waals surface area (Å²) in [6.45, 7) is 1.59. The second-order valence-corrected chi connectivity index (χ2v) is 4.39. The normalized spacial score (nSPS) is 12.3. The molecule has 0 radical (unpaired) electrons. The number of carboxylic acid groups (broad SMARTS) is 1. The first kappa shape index (κ1) is 12.6. The molecule has 6 heteroatoms. The molecule has 1 unspecified atom stereocenters. The number of nitrogens with zero attached hydrogens (tertiary/aromatic N) is 2. The smallest absolute Gasteiger partial charge is 0.306 e. The highest BCUT2D eigenvalue weighted by Crippen LogP contribution is 2.21. The molecule has 0 saturated heterocycles. The number of aliphatic carboxylic acids is 1. The standard InChI is InChI=1S/C12H11ClN2O3/c1-7(12(16)17)6-10-14-15-11(18-10)8-2-4-9(13)5-3-8/h2-5,7H,6H2,1H3,(H,16,17). The molecule has 0 aliphatic rings. The van der Waals surface area contributed by atoms with Crippen LogP contribution in [0.4, 0.5) is 0 Å². The molecule has 0 aliphatic heterocycles. The molecule has 18 heavy (non-hydrogen) atoms. The fourth-order valence-corrected chi connectivity index (χ4v) is 1.52. The zero-order chi connectivity index (χ0) is 13.1. The van der Waals surface area contributed by atoms with Crippen LogP contribution in [0.15, 0.2) is 28.7 Å². The number of hydrogen-bond donors (Lipinski definition) is 1. The Morgan fingerprint density at radius 1 is 1.39 bits per heavy atom. The van der Waals surface area contributed by atoms with Crippen LogP contribution in [-0.2, 0) is 11.2 Å². The van der Waals surface area contributed by atoms with E-state index < -0.39 is 11.9 Å². The largest absolute Gasteiger partial charge is 0.481 e. The predicted octanol–water partition coefficient (Wildman–Crippen LogP) is 2.65. The molecule has 5 nitrogen and oxygen atoms in total. The fourth-order valence-electron chi connectivity index (χ4n) is 1.39. The third kappa shape index (κ3) is 2.87. The van der Waals surface area contributed by atoms with Crippen LogP contribution in [0, 0.1) is 5.92 Å². The number of hydrogen-bond acceptors (Lipinski definition) is 4. The molecule has 1 N–H and O–H groups in total. The maximum Gasteiger partial charge on any atom is 0.306 e. The van der Waals surface area contributed by atoms with Gasteiger partial charge in [-0.3, -0.25) is 4.79 Å². The Hall–Kier alpha value is -1.88. The Bertz CT molecular complexity index is 551. The Morgan fingerprint density at radius 3 is 2.67 bits per heavy atom. The molecule has 1 aromatic heterocycles. The van der Waals surface area contributed by atoms with Crippen LogP contribution < -0.4 is 0 Å². The Balaban J connectivity index is 2.15. The van der Waals surface area contributed by atoms with E-state index in [4.69, 9.17) is 21.1 Å². The van der Waals surface area contributed by atoms with Crippen LogP contribution in [-0.4, -0.2) is 21.3 Å². The van der Waals surface area contributed by atoms with Crippen molar-refractivity contribution in [2.24, 2.45) is 5.92 Å². The van der Waals surface area contributed by atoms with Crippen LogP contribution in [0.25, 0.3) is 11.5 Å². The van der Waals surface area contributed by atoms with E-state index in [1.165, 1.54) is 0 Å². The fraction of sp³-hybridized carbons (Fsp3) is 0.250. The first-order valence-electron chi connectivity index (χ1n) is 5.37. The molecule has 2 rings (SSSR count). The number of carbonyl (C=O) groups is 1. The number of carboxylic acids is 1. The van der Waals surface area contributed by atoms with Gasteiger partial charge in [0.15, 0.2) is 0 Å². The third-order valence-electron chi connectivity index (χ3n) is 2.46. The molecule has 1 heterocycles. The lowest BCUT2D eigenvalue weighted by molar-refractivity contribution is -0.141. The molecule has 0 amide bonds. The highest BCUT2D eigenvalue weighted by Gasteiger charge is 2.16. The van der Waals surface area contributed by atoms with Crippen LogP contribution in [0.3, 0.4) is 0 Å². The minimum Gasteiger partial charge on any atom is -0.481 e. The summed E-state index contributed by atoms with van der Waals surface area (Å²) in [5, 5.41) is 17.1. The van der Waals surface area contributed by atoms with Crippen LogP contribution in [0.5, 0.6) is 0 Å². The lowest BCUT2D eigenvalue weighted by Crippen LogP contribution is -2.12. The third-order valence-corrected chi connectivity index (χ3v) is 2.71. The summed E-state index contributed by atoms with van der Waals surface area (Å²) >= 11 is 5.78. The van der Waals surface area contributed by atoms with Gasteiger partial charge >= 0.3 is 5.97 Å². The molecule has 0 bridgehead atoms. The summed E-state index contributed by atoms with van der Waals surface area (Å²) < 4.78 is 5.40. The molecule has 1 aromatic carbocycles. The number of halogens is 1. The van der Waals surface area contributed by atoms with Crippen LogP contribution in [0.2, 0.25) is 5.02 Å². The molecular weight excluding hydrogens is 256 g/mol. The highest BCUT2D eigenvalue weighted by atomic mass is 35.5. The first-order valence-corrected chi connectivity index (χ1v) is 5.75. The average molecular weight is 267 g/mol. The summed E-state index contributed by atoms with van der Waals surface area (Å²) in [6.07, 6.45) is 0.218. The Morgan fingerprint density at radius 2 is 2.06 bits per heavy atom. The van der Waals surface area contributed by atoms with E-state index in [1.54, 1.807) is 31.2 Å². The molecule has 0 spiro atoms. The molecule has 94 valence electrons. The maximum atomic E-state index is 10.7. The van der Waals surface area contributed by atoms with Gasteiger partial charge in [-0.25, -0.2) is 0 Å². The van der Waals surface area contributed by atoms with Crippen molar-refractivity contribution in [2.75, 3.05) is 0 Å². The topological polar surface area (TPSA) is 76.2 Å². The van der Waals surface area contributed by atoms with Gasteiger partial charge in [0.1, 0.15) is 0 Å². The summed E-state index contributed by atoms with van der Waals surface area (Å²) in [5.41, 5.74) is 0.751. The van der Waals surface area contributed by atoms with E-state index in [0.29, 0.717) is 16.8 Å². The summed E-state index contributed by atoms with van der Waals surface area (Å²) in [5.74, 6) is -0.765. The number of benzene rings is 1. The van der Waals surface area contributed by atoms with Crippen molar-refractivity contribution < 1.29 is 14.3 Å². The maximum absolute atomic E-state index is 10.7. The second kappa shape index (κ2) is 5.18. The monoisotopic (exact) mass is 266 g/mol. The number of aromatic nitrogens is 2. The highest BCUT2D eigenvalue weighted by molar-refractivity contribution is 6.30. The van der Waals surface area contributed by atoms with Gasteiger partial charge in [0, 0.05) is 17.0 Å². The molecule has 0 fully saturated rings. The number of rotatable bonds is 4.